The maximum atomic E-state index is 13.0. The number of carbonyl (C=O) groups is 1. The first-order chi connectivity index (χ1) is 6.70. The summed E-state index contributed by atoms with van der Waals surface area (Å²) in [6.45, 7) is 5.23. The van der Waals surface area contributed by atoms with Crippen LogP contribution in [0.3, 0.4) is 0 Å². The smallest absolute Gasteiger partial charge is 0.309 e. The summed E-state index contributed by atoms with van der Waals surface area (Å²) < 4.78 is 31.2. The molecule has 0 amide bonds. The van der Waals surface area contributed by atoms with Gasteiger partial charge >= 0.3 is 5.97 Å². The van der Waals surface area contributed by atoms with Crippen LogP contribution in [0.5, 0.6) is 0 Å². The van der Waals surface area contributed by atoms with Crippen LogP contribution in [0.1, 0.15) is 46.5 Å². The molecule has 1 fully saturated rings. The normalized spacial score (nSPS) is 26.1. The molecule has 0 aromatic carbocycles. The molecule has 0 radical (unpaired) electrons. The summed E-state index contributed by atoms with van der Waals surface area (Å²) in [5, 5.41) is 0. The topological polar surface area (TPSA) is 26.3 Å². The summed E-state index contributed by atoms with van der Waals surface area (Å²) in [7, 11) is 0. The monoisotopic (exact) mass is 220 g/mol. The van der Waals surface area contributed by atoms with E-state index in [1.165, 1.54) is 0 Å². The number of halogens is 2. The highest BCUT2D eigenvalue weighted by molar-refractivity contribution is 5.73. The van der Waals surface area contributed by atoms with Crippen molar-refractivity contribution in [2.24, 2.45) is 5.92 Å². The van der Waals surface area contributed by atoms with Crippen molar-refractivity contribution in [3.8, 4) is 0 Å². The Morgan fingerprint density at radius 3 is 2.47 bits per heavy atom. The number of hydrogen-bond acceptors (Lipinski definition) is 2. The Morgan fingerprint density at radius 2 is 2.00 bits per heavy atom. The minimum Gasteiger partial charge on any atom is -0.460 e. The second kappa shape index (κ2) is 4.06. The van der Waals surface area contributed by atoms with Crippen molar-refractivity contribution in [1.82, 2.24) is 0 Å². The highest BCUT2D eigenvalue weighted by atomic mass is 19.3. The summed E-state index contributed by atoms with van der Waals surface area (Å²) in [6, 6.07) is 0. The molecule has 0 heterocycles. The average Bonchev–Trinajstić information content (AvgIpc) is 1.99. The maximum absolute atomic E-state index is 13.0. The van der Waals surface area contributed by atoms with Crippen LogP contribution in [0.25, 0.3) is 0 Å². The molecule has 1 aliphatic carbocycles. The minimum atomic E-state index is -2.69. The van der Waals surface area contributed by atoms with Gasteiger partial charge in [-0.3, -0.25) is 4.79 Å². The Labute approximate surface area is 89.0 Å². The van der Waals surface area contributed by atoms with E-state index < -0.39 is 23.4 Å². The van der Waals surface area contributed by atoms with Gasteiger partial charge in [-0.25, -0.2) is 8.78 Å². The Morgan fingerprint density at radius 1 is 1.40 bits per heavy atom. The molecule has 1 saturated carbocycles. The average molecular weight is 220 g/mol. The lowest BCUT2D eigenvalue weighted by molar-refractivity contribution is -0.166. The standard InChI is InChI=1S/C11H18F2O2/c1-10(2,3)15-9(14)8-5-4-6-11(12,13)7-8/h8H,4-7H2,1-3H3. The van der Waals surface area contributed by atoms with Crippen molar-refractivity contribution in [3.63, 3.8) is 0 Å². The van der Waals surface area contributed by atoms with Gasteiger partial charge in [-0.15, -0.1) is 0 Å². The lowest BCUT2D eigenvalue weighted by Crippen LogP contribution is -2.35. The van der Waals surface area contributed by atoms with Gasteiger partial charge in [-0.2, -0.15) is 0 Å². The molecule has 0 aromatic rings. The fourth-order valence-electron chi connectivity index (χ4n) is 1.76. The first-order valence-electron chi connectivity index (χ1n) is 5.30. The minimum absolute atomic E-state index is 0.105. The van der Waals surface area contributed by atoms with E-state index >= 15 is 0 Å². The number of hydrogen-bond donors (Lipinski definition) is 0. The first-order valence-corrected chi connectivity index (χ1v) is 5.30. The molecule has 0 N–H and O–H groups in total. The molecule has 2 nitrogen and oxygen atoms in total. The van der Waals surface area contributed by atoms with Gasteiger partial charge in [-0.05, 0) is 33.6 Å². The highest BCUT2D eigenvalue weighted by Gasteiger charge is 2.40. The molecule has 0 bridgehead atoms. The van der Waals surface area contributed by atoms with E-state index in [-0.39, 0.29) is 12.8 Å². The van der Waals surface area contributed by atoms with Crippen molar-refractivity contribution in [2.45, 2.75) is 58.0 Å². The zero-order chi connectivity index (χ0) is 11.7. The van der Waals surface area contributed by atoms with Gasteiger partial charge in [0.2, 0.25) is 5.92 Å². The third kappa shape index (κ3) is 4.14. The quantitative estimate of drug-likeness (QED) is 0.634. The first kappa shape index (κ1) is 12.4. The molecule has 1 aliphatic rings. The third-order valence-corrected chi connectivity index (χ3v) is 2.38. The molecule has 1 rings (SSSR count). The molecule has 0 spiro atoms. The van der Waals surface area contributed by atoms with Gasteiger partial charge in [0.1, 0.15) is 5.60 Å². The van der Waals surface area contributed by atoms with Crippen LogP contribution in [0.2, 0.25) is 0 Å². The van der Waals surface area contributed by atoms with Crippen molar-refractivity contribution in [3.05, 3.63) is 0 Å². The van der Waals surface area contributed by atoms with E-state index in [1.807, 2.05) is 0 Å². The molecule has 1 unspecified atom stereocenters. The summed E-state index contributed by atoms with van der Waals surface area (Å²) in [4.78, 5) is 11.5. The van der Waals surface area contributed by atoms with Crippen LogP contribution in [-0.4, -0.2) is 17.5 Å². The van der Waals surface area contributed by atoms with Crippen molar-refractivity contribution in [2.75, 3.05) is 0 Å². The van der Waals surface area contributed by atoms with Crippen LogP contribution in [0, 0.1) is 5.92 Å². The summed E-state index contributed by atoms with van der Waals surface area (Å²) in [5.41, 5.74) is -0.593. The summed E-state index contributed by atoms with van der Waals surface area (Å²) in [6.07, 6.45) is 0.454. The largest absolute Gasteiger partial charge is 0.460 e. The van der Waals surface area contributed by atoms with Crippen LogP contribution >= 0.6 is 0 Å². The van der Waals surface area contributed by atoms with E-state index in [0.717, 1.165) is 0 Å². The molecule has 88 valence electrons. The van der Waals surface area contributed by atoms with Gasteiger partial charge in [0.25, 0.3) is 0 Å². The van der Waals surface area contributed by atoms with Crippen LogP contribution in [0.15, 0.2) is 0 Å². The fourth-order valence-corrected chi connectivity index (χ4v) is 1.76. The van der Waals surface area contributed by atoms with Crippen LogP contribution in [0.4, 0.5) is 8.78 Å². The maximum Gasteiger partial charge on any atom is 0.309 e. The fraction of sp³-hybridized carbons (Fsp3) is 0.909. The number of alkyl halides is 2. The number of esters is 1. The SMILES string of the molecule is CC(C)(C)OC(=O)C1CCCC(F)(F)C1. The van der Waals surface area contributed by atoms with E-state index in [4.69, 9.17) is 4.74 Å². The Kier molecular flexibility index (Phi) is 3.36. The second-order valence-corrected chi connectivity index (χ2v) is 5.18. The van der Waals surface area contributed by atoms with Gasteiger partial charge in [0.15, 0.2) is 0 Å². The summed E-state index contributed by atoms with van der Waals surface area (Å²) >= 11 is 0. The van der Waals surface area contributed by atoms with E-state index in [0.29, 0.717) is 12.8 Å². The predicted molar refractivity (Wildman–Crippen MR) is 52.8 cm³/mol. The van der Waals surface area contributed by atoms with Crippen molar-refractivity contribution >= 4 is 5.97 Å². The van der Waals surface area contributed by atoms with E-state index in [1.54, 1.807) is 20.8 Å². The number of rotatable bonds is 1. The summed E-state index contributed by atoms with van der Waals surface area (Å²) in [5.74, 6) is -3.81. The molecule has 0 aromatic heterocycles. The van der Waals surface area contributed by atoms with Gasteiger partial charge < -0.3 is 4.74 Å². The third-order valence-electron chi connectivity index (χ3n) is 2.38. The zero-order valence-electron chi connectivity index (χ0n) is 9.48. The number of ether oxygens (including phenoxy) is 1. The van der Waals surface area contributed by atoms with Gasteiger partial charge in [0, 0.05) is 12.8 Å². The molecule has 0 saturated heterocycles. The molecular weight excluding hydrogens is 202 g/mol. The molecule has 0 aliphatic heterocycles. The zero-order valence-corrected chi connectivity index (χ0v) is 9.48. The van der Waals surface area contributed by atoms with Gasteiger partial charge in [0.05, 0.1) is 5.92 Å². The Bertz CT molecular complexity index is 243. The van der Waals surface area contributed by atoms with Gasteiger partial charge in [-0.1, -0.05) is 0 Å². The van der Waals surface area contributed by atoms with Crippen LogP contribution < -0.4 is 0 Å². The molecule has 15 heavy (non-hydrogen) atoms. The highest BCUT2D eigenvalue weighted by Crippen LogP contribution is 2.37. The van der Waals surface area contributed by atoms with Crippen molar-refractivity contribution < 1.29 is 18.3 Å². The Hall–Kier alpha value is -0.670. The number of carbonyl (C=O) groups excluding carboxylic acids is 1. The Balaban J connectivity index is 2.53. The molecular formula is C11H18F2O2. The lowest BCUT2D eigenvalue weighted by Gasteiger charge is -2.30. The van der Waals surface area contributed by atoms with Crippen LogP contribution in [-0.2, 0) is 9.53 Å². The van der Waals surface area contributed by atoms with E-state index in [2.05, 4.69) is 0 Å². The lowest BCUT2D eigenvalue weighted by atomic mass is 9.86. The van der Waals surface area contributed by atoms with E-state index in [9.17, 15) is 13.6 Å². The second-order valence-electron chi connectivity index (χ2n) is 5.18. The molecule has 1 atom stereocenters. The van der Waals surface area contributed by atoms with Crippen molar-refractivity contribution in [1.29, 1.82) is 0 Å². The molecule has 4 heteroatoms. The predicted octanol–water partition coefficient (Wildman–Crippen LogP) is 3.15.